The Hall–Kier alpha value is -3.69. The molecule has 0 bridgehead atoms. The van der Waals surface area contributed by atoms with Crippen LogP contribution in [0.5, 0.6) is 0 Å². The van der Waals surface area contributed by atoms with Gasteiger partial charge in [0.1, 0.15) is 0 Å². The van der Waals surface area contributed by atoms with Gasteiger partial charge >= 0.3 is 0 Å². The molecule has 1 fully saturated rings. The van der Waals surface area contributed by atoms with Crippen molar-refractivity contribution in [2.45, 2.75) is 20.3 Å². The zero-order chi connectivity index (χ0) is 21.7. The van der Waals surface area contributed by atoms with E-state index < -0.39 is 11.8 Å². The summed E-state index contributed by atoms with van der Waals surface area (Å²) in [7, 11) is 0. The van der Waals surface area contributed by atoms with Crippen LogP contribution in [-0.2, 0) is 14.4 Å². The third kappa shape index (κ3) is 4.65. The molecule has 1 aliphatic rings. The third-order valence-corrected chi connectivity index (χ3v) is 4.73. The summed E-state index contributed by atoms with van der Waals surface area (Å²) in [5, 5.41) is 11.9. The number of para-hydroxylation sites is 1. The minimum Gasteiger partial charge on any atom is -0.347 e. The van der Waals surface area contributed by atoms with Crippen LogP contribution in [0.15, 0.2) is 36.5 Å². The summed E-state index contributed by atoms with van der Waals surface area (Å²) in [5.74, 6) is -1.52. The van der Waals surface area contributed by atoms with Gasteiger partial charge in [0.15, 0.2) is 0 Å². The van der Waals surface area contributed by atoms with Crippen LogP contribution in [0.4, 0.5) is 0 Å². The average molecular weight is 412 g/mol. The van der Waals surface area contributed by atoms with Gasteiger partial charge in [0.2, 0.25) is 11.8 Å². The SMILES string of the molecule is CC(=O)NCC(=O)NCC(=O)N1CCCN1C(=O)c1cnn(-c2ccccc2)c1C. The first kappa shape index (κ1) is 21.0. The number of amides is 4. The molecule has 0 radical (unpaired) electrons. The Kier molecular flexibility index (Phi) is 6.45. The quantitative estimate of drug-likeness (QED) is 0.694. The zero-order valence-corrected chi connectivity index (χ0v) is 16.9. The lowest BCUT2D eigenvalue weighted by molar-refractivity contribution is -0.140. The largest absolute Gasteiger partial charge is 0.347 e. The van der Waals surface area contributed by atoms with Crippen molar-refractivity contribution in [3.8, 4) is 5.69 Å². The van der Waals surface area contributed by atoms with E-state index in [1.807, 2.05) is 30.3 Å². The van der Waals surface area contributed by atoms with E-state index in [1.165, 1.54) is 23.1 Å². The number of carbonyl (C=O) groups is 4. The first-order chi connectivity index (χ1) is 14.4. The molecule has 1 aromatic heterocycles. The molecule has 0 aliphatic carbocycles. The zero-order valence-electron chi connectivity index (χ0n) is 16.9. The third-order valence-electron chi connectivity index (χ3n) is 4.73. The van der Waals surface area contributed by atoms with E-state index in [4.69, 9.17) is 0 Å². The van der Waals surface area contributed by atoms with Crippen LogP contribution in [0.25, 0.3) is 5.69 Å². The second kappa shape index (κ2) is 9.21. The number of hydrazine groups is 1. The highest BCUT2D eigenvalue weighted by molar-refractivity contribution is 5.97. The smallest absolute Gasteiger partial charge is 0.275 e. The molecule has 0 saturated carbocycles. The lowest BCUT2D eigenvalue weighted by Crippen LogP contribution is -2.49. The molecular formula is C20H24N6O4. The Labute approximate surface area is 173 Å². The van der Waals surface area contributed by atoms with Crippen molar-refractivity contribution in [3.05, 3.63) is 47.8 Å². The number of benzene rings is 1. The molecule has 0 atom stereocenters. The van der Waals surface area contributed by atoms with Crippen molar-refractivity contribution in [1.82, 2.24) is 30.4 Å². The first-order valence-electron chi connectivity index (χ1n) is 9.62. The number of hydrogen-bond acceptors (Lipinski definition) is 5. The summed E-state index contributed by atoms with van der Waals surface area (Å²) in [5.41, 5.74) is 1.92. The Morgan fingerprint density at radius 2 is 1.70 bits per heavy atom. The highest BCUT2D eigenvalue weighted by Gasteiger charge is 2.33. The maximum absolute atomic E-state index is 13.1. The highest BCUT2D eigenvalue weighted by atomic mass is 16.2. The van der Waals surface area contributed by atoms with Gasteiger partial charge in [-0.1, -0.05) is 18.2 Å². The van der Waals surface area contributed by atoms with E-state index >= 15 is 0 Å². The normalized spacial score (nSPS) is 13.3. The summed E-state index contributed by atoms with van der Waals surface area (Å²) in [6.07, 6.45) is 2.14. The molecular weight excluding hydrogens is 388 g/mol. The van der Waals surface area contributed by atoms with Gasteiger partial charge in [0.25, 0.3) is 11.8 Å². The van der Waals surface area contributed by atoms with Crippen LogP contribution >= 0.6 is 0 Å². The van der Waals surface area contributed by atoms with Gasteiger partial charge in [-0.25, -0.2) is 14.7 Å². The molecule has 10 nitrogen and oxygen atoms in total. The van der Waals surface area contributed by atoms with E-state index in [-0.39, 0.29) is 24.9 Å². The Bertz CT molecular complexity index is 955. The van der Waals surface area contributed by atoms with Gasteiger partial charge < -0.3 is 10.6 Å². The fraction of sp³-hybridized carbons (Fsp3) is 0.350. The fourth-order valence-corrected chi connectivity index (χ4v) is 3.20. The Morgan fingerprint density at radius 3 is 2.40 bits per heavy atom. The fourth-order valence-electron chi connectivity index (χ4n) is 3.20. The molecule has 0 unspecified atom stereocenters. The van der Waals surface area contributed by atoms with E-state index in [1.54, 1.807) is 11.6 Å². The van der Waals surface area contributed by atoms with E-state index in [9.17, 15) is 19.2 Å². The lowest BCUT2D eigenvalue weighted by atomic mass is 10.2. The summed E-state index contributed by atoms with van der Waals surface area (Å²) in [6.45, 7) is 3.43. The molecule has 2 heterocycles. The molecule has 2 N–H and O–H groups in total. The molecule has 0 spiro atoms. The van der Waals surface area contributed by atoms with Gasteiger partial charge in [-0.2, -0.15) is 5.10 Å². The van der Waals surface area contributed by atoms with Crippen LogP contribution in [0.3, 0.4) is 0 Å². The van der Waals surface area contributed by atoms with Gasteiger partial charge in [0.05, 0.1) is 36.2 Å². The molecule has 3 rings (SSSR count). The highest BCUT2D eigenvalue weighted by Crippen LogP contribution is 2.19. The number of nitrogens with one attached hydrogen (secondary N) is 2. The van der Waals surface area contributed by atoms with Gasteiger partial charge in [-0.3, -0.25) is 19.2 Å². The summed E-state index contributed by atoms with van der Waals surface area (Å²) in [6, 6.07) is 9.46. The van der Waals surface area contributed by atoms with E-state index in [2.05, 4.69) is 15.7 Å². The first-order valence-corrected chi connectivity index (χ1v) is 9.62. The second-order valence-electron chi connectivity index (χ2n) is 6.88. The molecule has 4 amide bonds. The van der Waals surface area contributed by atoms with Crippen molar-refractivity contribution in [1.29, 1.82) is 0 Å². The van der Waals surface area contributed by atoms with Crippen molar-refractivity contribution in [3.63, 3.8) is 0 Å². The van der Waals surface area contributed by atoms with Crippen LogP contribution in [0, 0.1) is 6.92 Å². The number of rotatable bonds is 6. The van der Waals surface area contributed by atoms with Gasteiger partial charge in [-0.05, 0) is 25.5 Å². The monoisotopic (exact) mass is 412 g/mol. The van der Waals surface area contributed by atoms with E-state index in [0.29, 0.717) is 30.8 Å². The summed E-state index contributed by atoms with van der Waals surface area (Å²) < 4.78 is 1.68. The molecule has 2 aromatic rings. The lowest BCUT2D eigenvalue weighted by Gasteiger charge is -2.28. The minimum atomic E-state index is -0.476. The predicted octanol–water partition coefficient (Wildman–Crippen LogP) is 0.0225. The molecule has 1 aliphatic heterocycles. The molecule has 30 heavy (non-hydrogen) atoms. The standard InChI is InChI=1S/C20H24N6O4/c1-14-17(11-23-26(14)16-7-4-3-5-8-16)20(30)25-10-6-9-24(25)19(29)13-22-18(28)12-21-15(2)27/h3-5,7-8,11H,6,9-10,12-13H2,1-2H3,(H,21,27)(H,22,28). The van der Waals surface area contributed by atoms with Gasteiger partial charge in [0, 0.05) is 20.0 Å². The molecule has 158 valence electrons. The Morgan fingerprint density at radius 1 is 1.00 bits per heavy atom. The summed E-state index contributed by atoms with van der Waals surface area (Å²) >= 11 is 0. The molecule has 10 heteroatoms. The van der Waals surface area contributed by atoms with Gasteiger partial charge in [-0.15, -0.1) is 0 Å². The second-order valence-corrected chi connectivity index (χ2v) is 6.88. The van der Waals surface area contributed by atoms with Crippen molar-refractivity contribution >= 4 is 23.6 Å². The van der Waals surface area contributed by atoms with Crippen molar-refractivity contribution in [2.75, 3.05) is 26.2 Å². The van der Waals surface area contributed by atoms with Crippen LogP contribution in [0.2, 0.25) is 0 Å². The predicted molar refractivity (Wildman–Crippen MR) is 107 cm³/mol. The number of carbonyl (C=O) groups excluding carboxylic acids is 4. The van der Waals surface area contributed by atoms with Crippen molar-refractivity contribution in [2.24, 2.45) is 0 Å². The minimum absolute atomic E-state index is 0.205. The number of aromatic nitrogens is 2. The summed E-state index contributed by atoms with van der Waals surface area (Å²) in [4.78, 5) is 48.2. The van der Waals surface area contributed by atoms with Crippen LogP contribution < -0.4 is 10.6 Å². The number of nitrogens with zero attached hydrogens (tertiary/aromatic N) is 4. The molecule has 1 aromatic carbocycles. The van der Waals surface area contributed by atoms with Crippen molar-refractivity contribution < 1.29 is 19.2 Å². The maximum Gasteiger partial charge on any atom is 0.275 e. The average Bonchev–Trinajstić information content (AvgIpc) is 3.37. The van der Waals surface area contributed by atoms with Crippen LogP contribution in [-0.4, -0.2) is 69.6 Å². The van der Waals surface area contributed by atoms with Crippen LogP contribution in [0.1, 0.15) is 29.4 Å². The topological polar surface area (TPSA) is 117 Å². The Balaban J connectivity index is 1.66. The van der Waals surface area contributed by atoms with E-state index in [0.717, 1.165) is 5.69 Å². The maximum atomic E-state index is 13.1. The number of hydrogen-bond donors (Lipinski definition) is 2. The molecule has 1 saturated heterocycles.